The van der Waals surface area contributed by atoms with Gasteiger partial charge in [0.05, 0.1) is 0 Å². The van der Waals surface area contributed by atoms with Crippen molar-refractivity contribution < 1.29 is 4.42 Å². The van der Waals surface area contributed by atoms with E-state index in [-0.39, 0.29) is 0 Å². The van der Waals surface area contributed by atoms with E-state index in [4.69, 9.17) is 4.42 Å². The summed E-state index contributed by atoms with van der Waals surface area (Å²) in [6.45, 7) is 2.22. The first-order valence-corrected chi connectivity index (χ1v) is 18.8. The molecule has 9 aromatic carbocycles. The molecule has 10 aromatic rings. The van der Waals surface area contributed by atoms with E-state index in [1.165, 1.54) is 38.6 Å². The second-order valence-corrected chi connectivity index (χ2v) is 14.2. The van der Waals surface area contributed by atoms with Crippen molar-refractivity contribution in [2.75, 3.05) is 4.90 Å². The van der Waals surface area contributed by atoms with Gasteiger partial charge in [-0.3, -0.25) is 0 Å². The van der Waals surface area contributed by atoms with Gasteiger partial charge in [0.25, 0.3) is 0 Å². The highest BCUT2D eigenvalue weighted by molar-refractivity contribution is 6.09. The number of para-hydroxylation sites is 2. The lowest BCUT2D eigenvalue weighted by molar-refractivity contribution is 0.670. The van der Waals surface area contributed by atoms with Gasteiger partial charge in [0.2, 0.25) is 0 Å². The fourth-order valence-electron chi connectivity index (χ4n) is 8.06. The van der Waals surface area contributed by atoms with Crippen molar-refractivity contribution in [3.63, 3.8) is 0 Å². The number of nitrogens with zero attached hydrogens (tertiary/aromatic N) is 1. The molecule has 2 nitrogen and oxygen atoms in total. The lowest BCUT2D eigenvalue weighted by Gasteiger charge is -2.28. The van der Waals surface area contributed by atoms with Gasteiger partial charge < -0.3 is 9.32 Å². The molecule has 0 radical (unpaired) electrons. The van der Waals surface area contributed by atoms with Gasteiger partial charge in [-0.05, 0) is 111 Å². The standard InChI is InChI=1S/C53H37NO/c1-36-34-43(47-20-10-15-40-14-5-6-18-46(40)47)28-33-51(36)54(44-29-24-38(25-30-44)37-12-3-2-4-13-37)45-31-26-39(27-32-45)41-16-9-17-42(35-41)48-21-11-22-50-49-19-7-8-23-52(49)55-53(48)50/h2-35H,1H3. The summed E-state index contributed by atoms with van der Waals surface area (Å²) < 4.78 is 6.40. The molecule has 0 spiro atoms. The molecule has 260 valence electrons. The summed E-state index contributed by atoms with van der Waals surface area (Å²) in [6, 6.07) is 73.9. The maximum Gasteiger partial charge on any atom is 0.143 e. The van der Waals surface area contributed by atoms with E-state index in [0.29, 0.717) is 0 Å². The second kappa shape index (κ2) is 13.7. The van der Waals surface area contributed by atoms with Gasteiger partial charge in [0.15, 0.2) is 0 Å². The van der Waals surface area contributed by atoms with Crippen LogP contribution in [0.3, 0.4) is 0 Å². The van der Waals surface area contributed by atoms with Crippen LogP contribution in [0.4, 0.5) is 17.1 Å². The highest BCUT2D eigenvalue weighted by Gasteiger charge is 2.17. The third kappa shape index (κ3) is 5.95. The Bertz CT molecular complexity index is 2970. The number of furan rings is 1. The summed E-state index contributed by atoms with van der Waals surface area (Å²) >= 11 is 0. The highest BCUT2D eigenvalue weighted by atomic mass is 16.3. The Morgan fingerprint density at radius 2 is 0.891 bits per heavy atom. The molecule has 1 aromatic heterocycles. The zero-order valence-corrected chi connectivity index (χ0v) is 30.5. The van der Waals surface area contributed by atoms with Gasteiger partial charge in [-0.2, -0.15) is 0 Å². The van der Waals surface area contributed by atoms with E-state index in [2.05, 4.69) is 206 Å². The third-order valence-corrected chi connectivity index (χ3v) is 10.8. The molecule has 0 amide bonds. The summed E-state index contributed by atoms with van der Waals surface area (Å²) in [4.78, 5) is 2.37. The Hall–Kier alpha value is -7.16. The maximum atomic E-state index is 6.40. The number of aryl methyl sites for hydroxylation is 1. The van der Waals surface area contributed by atoms with E-state index >= 15 is 0 Å². The predicted octanol–water partition coefficient (Wildman–Crippen LogP) is 15.2. The van der Waals surface area contributed by atoms with Crippen LogP contribution in [0.25, 0.3) is 77.2 Å². The molecular formula is C53H37NO. The van der Waals surface area contributed by atoms with Crippen LogP contribution >= 0.6 is 0 Å². The summed E-state index contributed by atoms with van der Waals surface area (Å²) in [5.41, 5.74) is 15.8. The molecule has 0 fully saturated rings. The Balaban J connectivity index is 1.03. The molecule has 0 aliphatic rings. The molecule has 0 aliphatic carbocycles. The molecule has 0 atom stereocenters. The molecule has 0 aliphatic heterocycles. The summed E-state index contributed by atoms with van der Waals surface area (Å²) in [6.07, 6.45) is 0. The first-order chi connectivity index (χ1) is 27.2. The van der Waals surface area contributed by atoms with Gasteiger partial charge in [-0.15, -0.1) is 0 Å². The first kappa shape index (κ1) is 32.5. The van der Waals surface area contributed by atoms with Crippen molar-refractivity contribution in [2.45, 2.75) is 6.92 Å². The largest absolute Gasteiger partial charge is 0.455 e. The SMILES string of the molecule is Cc1cc(-c2cccc3ccccc23)ccc1N(c1ccc(-c2ccccc2)cc1)c1ccc(-c2cccc(-c3cccc4c3oc3ccccc34)c2)cc1. The van der Waals surface area contributed by atoms with Gasteiger partial charge in [0, 0.05) is 33.4 Å². The second-order valence-electron chi connectivity index (χ2n) is 14.2. The molecular weight excluding hydrogens is 667 g/mol. The molecule has 0 N–H and O–H groups in total. The number of hydrogen-bond donors (Lipinski definition) is 0. The van der Waals surface area contributed by atoms with Crippen molar-refractivity contribution in [3.05, 3.63) is 212 Å². The van der Waals surface area contributed by atoms with Crippen LogP contribution in [-0.2, 0) is 0 Å². The molecule has 0 saturated heterocycles. The minimum atomic E-state index is 0.911. The van der Waals surface area contributed by atoms with Crippen LogP contribution in [-0.4, -0.2) is 0 Å². The monoisotopic (exact) mass is 703 g/mol. The summed E-state index contributed by atoms with van der Waals surface area (Å²) in [5.74, 6) is 0. The number of anilines is 3. The fourth-order valence-corrected chi connectivity index (χ4v) is 8.06. The molecule has 55 heavy (non-hydrogen) atoms. The minimum Gasteiger partial charge on any atom is -0.455 e. The minimum absolute atomic E-state index is 0.911. The average Bonchev–Trinajstić information content (AvgIpc) is 3.64. The fraction of sp³-hybridized carbons (Fsp3) is 0.0189. The molecule has 10 rings (SSSR count). The Morgan fingerprint density at radius 1 is 0.364 bits per heavy atom. The van der Waals surface area contributed by atoms with Crippen LogP contribution in [0.1, 0.15) is 5.56 Å². The van der Waals surface area contributed by atoms with Gasteiger partial charge in [-0.1, -0.05) is 158 Å². The van der Waals surface area contributed by atoms with E-state index in [1.807, 2.05) is 12.1 Å². The predicted molar refractivity (Wildman–Crippen MR) is 232 cm³/mol. The number of hydrogen-bond acceptors (Lipinski definition) is 2. The molecule has 0 saturated carbocycles. The quantitative estimate of drug-likeness (QED) is 0.164. The van der Waals surface area contributed by atoms with Gasteiger partial charge in [0.1, 0.15) is 11.2 Å². The highest BCUT2D eigenvalue weighted by Crippen LogP contribution is 2.41. The molecule has 2 heteroatoms. The smallest absolute Gasteiger partial charge is 0.143 e. The van der Waals surface area contributed by atoms with E-state index in [1.54, 1.807) is 0 Å². The summed E-state index contributed by atoms with van der Waals surface area (Å²) in [7, 11) is 0. The molecule has 1 heterocycles. The Morgan fingerprint density at radius 3 is 1.67 bits per heavy atom. The number of benzene rings is 9. The third-order valence-electron chi connectivity index (χ3n) is 10.8. The van der Waals surface area contributed by atoms with Crippen LogP contribution in [0.2, 0.25) is 0 Å². The van der Waals surface area contributed by atoms with Crippen LogP contribution in [0, 0.1) is 6.92 Å². The Labute approximate surface area is 321 Å². The Kier molecular flexibility index (Phi) is 8.08. The normalized spacial score (nSPS) is 11.4. The average molecular weight is 704 g/mol. The van der Waals surface area contributed by atoms with Crippen molar-refractivity contribution in [1.82, 2.24) is 0 Å². The van der Waals surface area contributed by atoms with E-state index in [9.17, 15) is 0 Å². The van der Waals surface area contributed by atoms with Crippen LogP contribution in [0.15, 0.2) is 211 Å². The molecule has 0 bridgehead atoms. The van der Waals surface area contributed by atoms with Crippen LogP contribution < -0.4 is 4.90 Å². The van der Waals surface area contributed by atoms with Crippen molar-refractivity contribution >= 4 is 49.8 Å². The lowest BCUT2D eigenvalue weighted by atomic mass is 9.96. The summed E-state index contributed by atoms with van der Waals surface area (Å²) in [5, 5.41) is 4.79. The van der Waals surface area contributed by atoms with Gasteiger partial charge >= 0.3 is 0 Å². The van der Waals surface area contributed by atoms with Crippen molar-refractivity contribution in [1.29, 1.82) is 0 Å². The van der Waals surface area contributed by atoms with Crippen molar-refractivity contribution in [3.8, 4) is 44.5 Å². The first-order valence-electron chi connectivity index (χ1n) is 18.8. The number of rotatable bonds is 7. The topological polar surface area (TPSA) is 16.4 Å². The number of fused-ring (bicyclic) bond motifs is 4. The van der Waals surface area contributed by atoms with E-state index < -0.39 is 0 Å². The zero-order chi connectivity index (χ0) is 36.7. The van der Waals surface area contributed by atoms with Crippen molar-refractivity contribution in [2.24, 2.45) is 0 Å². The van der Waals surface area contributed by atoms with E-state index in [0.717, 1.165) is 61.3 Å². The zero-order valence-electron chi connectivity index (χ0n) is 30.5. The van der Waals surface area contributed by atoms with Gasteiger partial charge in [-0.25, -0.2) is 0 Å². The van der Waals surface area contributed by atoms with Crippen LogP contribution in [0.5, 0.6) is 0 Å². The molecule has 0 unspecified atom stereocenters. The maximum absolute atomic E-state index is 6.40. The lowest BCUT2D eigenvalue weighted by Crippen LogP contribution is -2.11.